The summed E-state index contributed by atoms with van der Waals surface area (Å²) in [5.41, 5.74) is 9.59. The van der Waals surface area contributed by atoms with Gasteiger partial charge in [0.05, 0.1) is 0 Å². The molecule has 1 atom stereocenters. The Hall–Kier alpha value is -1.32. The van der Waals surface area contributed by atoms with Crippen LogP contribution >= 0.6 is 11.3 Å². The molecule has 0 saturated carbocycles. The van der Waals surface area contributed by atoms with Gasteiger partial charge in [0, 0.05) is 25.3 Å². The van der Waals surface area contributed by atoms with Crippen LogP contribution in [0.4, 0.5) is 5.69 Å². The summed E-state index contributed by atoms with van der Waals surface area (Å²) in [5, 5.41) is 4.30. The molecule has 0 aliphatic heterocycles. The maximum atomic E-state index is 5.84. The molecule has 0 saturated heterocycles. The van der Waals surface area contributed by atoms with E-state index in [9.17, 15) is 0 Å². The van der Waals surface area contributed by atoms with Gasteiger partial charge >= 0.3 is 0 Å². The Bertz CT molecular complexity index is 446. The summed E-state index contributed by atoms with van der Waals surface area (Å²) in [4.78, 5) is 2.24. The van der Waals surface area contributed by atoms with Crippen molar-refractivity contribution in [1.82, 2.24) is 0 Å². The van der Waals surface area contributed by atoms with Gasteiger partial charge in [-0.2, -0.15) is 11.3 Å². The van der Waals surface area contributed by atoms with Crippen LogP contribution in [0.3, 0.4) is 0 Å². The topological polar surface area (TPSA) is 29.3 Å². The second-order valence-corrected chi connectivity index (χ2v) is 5.15. The highest BCUT2D eigenvalue weighted by Crippen LogP contribution is 2.19. The maximum Gasteiger partial charge on any atom is 0.0434 e. The first-order valence-electron chi connectivity index (χ1n) is 5.74. The molecule has 0 unspecified atom stereocenters. The molecule has 17 heavy (non-hydrogen) atoms. The fourth-order valence-corrected chi connectivity index (χ4v) is 2.44. The molecular weight excluding hydrogens is 228 g/mol. The first-order valence-corrected chi connectivity index (χ1v) is 6.69. The number of hydrogen-bond acceptors (Lipinski definition) is 3. The van der Waals surface area contributed by atoms with Crippen molar-refractivity contribution in [2.24, 2.45) is 5.73 Å². The highest BCUT2D eigenvalue weighted by molar-refractivity contribution is 7.07. The molecule has 2 aromatic rings. The first kappa shape index (κ1) is 12.1. The van der Waals surface area contributed by atoms with E-state index in [1.54, 1.807) is 11.3 Å². The van der Waals surface area contributed by atoms with E-state index >= 15 is 0 Å². The van der Waals surface area contributed by atoms with Gasteiger partial charge in [-0.15, -0.1) is 0 Å². The Kier molecular flexibility index (Phi) is 3.82. The molecule has 0 aliphatic carbocycles. The van der Waals surface area contributed by atoms with Crippen molar-refractivity contribution in [3.05, 3.63) is 52.2 Å². The number of anilines is 1. The zero-order valence-corrected chi connectivity index (χ0v) is 11.1. The standard InChI is InChI=1S/C14H18N2S/c1-11(15)13-3-5-14(6-4-13)16(2)9-12-7-8-17-10-12/h3-8,10-11H,9,15H2,1-2H3/t11-/m0/s1. The van der Waals surface area contributed by atoms with Crippen LogP contribution in [0.2, 0.25) is 0 Å². The summed E-state index contributed by atoms with van der Waals surface area (Å²) in [6.07, 6.45) is 0. The van der Waals surface area contributed by atoms with E-state index in [0.29, 0.717) is 0 Å². The van der Waals surface area contributed by atoms with Gasteiger partial charge in [-0.3, -0.25) is 0 Å². The van der Waals surface area contributed by atoms with Crippen molar-refractivity contribution in [3.63, 3.8) is 0 Å². The van der Waals surface area contributed by atoms with E-state index in [2.05, 4.69) is 53.0 Å². The van der Waals surface area contributed by atoms with Crippen LogP contribution < -0.4 is 10.6 Å². The Morgan fingerprint density at radius 2 is 1.94 bits per heavy atom. The van der Waals surface area contributed by atoms with Crippen molar-refractivity contribution in [2.45, 2.75) is 19.5 Å². The molecule has 3 heteroatoms. The highest BCUT2D eigenvalue weighted by Gasteiger charge is 2.04. The van der Waals surface area contributed by atoms with Crippen molar-refractivity contribution in [3.8, 4) is 0 Å². The number of nitrogens with two attached hydrogens (primary N) is 1. The number of thiophene rings is 1. The molecule has 1 aromatic carbocycles. The van der Waals surface area contributed by atoms with Gasteiger partial charge in [0.25, 0.3) is 0 Å². The van der Waals surface area contributed by atoms with Crippen LogP contribution in [-0.4, -0.2) is 7.05 Å². The first-order chi connectivity index (χ1) is 8.16. The smallest absolute Gasteiger partial charge is 0.0434 e. The Balaban J connectivity index is 2.06. The monoisotopic (exact) mass is 246 g/mol. The minimum atomic E-state index is 0.103. The van der Waals surface area contributed by atoms with Gasteiger partial charge in [-0.05, 0) is 47.0 Å². The van der Waals surface area contributed by atoms with Crippen LogP contribution in [0.1, 0.15) is 24.1 Å². The Morgan fingerprint density at radius 3 is 2.47 bits per heavy atom. The SMILES string of the molecule is C[C@H](N)c1ccc(N(C)Cc2ccsc2)cc1. The minimum Gasteiger partial charge on any atom is -0.370 e. The molecule has 0 bridgehead atoms. The van der Waals surface area contributed by atoms with Gasteiger partial charge in [0.2, 0.25) is 0 Å². The summed E-state index contributed by atoms with van der Waals surface area (Å²) in [6, 6.07) is 10.7. The zero-order valence-electron chi connectivity index (χ0n) is 10.3. The lowest BCUT2D eigenvalue weighted by atomic mass is 10.1. The largest absolute Gasteiger partial charge is 0.370 e. The molecule has 0 radical (unpaired) electrons. The van der Waals surface area contributed by atoms with Crippen LogP contribution in [0.5, 0.6) is 0 Å². The van der Waals surface area contributed by atoms with Gasteiger partial charge < -0.3 is 10.6 Å². The summed E-state index contributed by atoms with van der Waals surface area (Å²) in [5.74, 6) is 0. The molecule has 0 spiro atoms. The lowest BCUT2D eigenvalue weighted by Crippen LogP contribution is -2.16. The number of nitrogens with zero attached hydrogens (tertiary/aromatic N) is 1. The van der Waals surface area contributed by atoms with Crippen molar-refractivity contribution in [2.75, 3.05) is 11.9 Å². The Morgan fingerprint density at radius 1 is 1.24 bits per heavy atom. The molecule has 2 N–H and O–H groups in total. The van der Waals surface area contributed by atoms with Crippen molar-refractivity contribution in [1.29, 1.82) is 0 Å². The molecule has 2 nitrogen and oxygen atoms in total. The number of rotatable bonds is 4. The van der Waals surface area contributed by atoms with E-state index in [1.165, 1.54) is 16.8 Å². The van der Waals surface area contributed by atoms with Gasteiger partial charge in [0.15, 0.2) is 0 Å². The third-order valence-electron chi connectivity index (χ3n) is 2.86. The molecule has 2 rings (SSSR count). The molecule has 0 aliphatic rings. The van der Waals surface area contributed by atoms with E-state index < -0.39 is 0 Å². The normalized spacial score (nSPS) is 12.4. The van der Waals surface area contributed by atoms with Crippen LogP contribution in [-0.2, 0) is 6.54 Å². The molecule has 1 heterocycles. The maximum absolute atomic E-state index is 5.84. The molecule has 90 valence electrons. The minimum absolute atomic E-state index is 0.103. The summed E-state index contributed by atoms with van der Waals surface area (Å²) >= 11 is 1.74. The van der Waals surface area contributed by atoms with E-state index in [4.69, 9.17) is 5.73 Å². The number of hydrogen-bond donors (Lipinski definition) is 1. The molecule has 0 amide bonds. The van der Waals surface area contributed by atoms with E-state index in [0.717, 1.165) is 6.54 Å². The number of benzene rings is 1. The lowest BCUT2D eigenvalue weighted by molar-refractivity contribution is 0.817. The summed E-state index contributed by atoms with van der Waals surface area (Å²) in [7, 11) is 2.11. The molecular formula is C14H18N2S. The van der Waals surface area contributed by atoms with Crippen molar-refractivity contribution < 1.29 is 0 Å². The Labute approximate surface area is 107 Å². The van der Waals surface area contributed by atoms with Gasteiger partial charge in [-0.1, -0.05) is 12.1 Å². The predicted molar refractivity (Wildman–Crippen MR) is 75.5 cm³/mol. The fraction of sp³-hybridized carbons (Fsp3) is 0.286. The second kappa shape index (κ2) is 5.34. The highest BCUT2D eigenvalue weighted by atomic mass is 32.1. The van der Waals surface area contributed by atoms with Crippen molar-refractivity contribution >= 4 is 17.0 Å². The third kappa shape index (κ3) is 3.08. The second-order valence-electron chi connectivity index (χ2n) is 4.37. The van der Waals surface area contributed by atoms with Crippen LogP contribution in [0, 0.1) is 0 Å². The lowest BCUT2D eigenvalue weighted by Gasteiger charge is -2.19. The van der Waals surface area contributed by atoms with Crippen LogP contribution in [0.15, 0.2) is 41.1 Å². The third-order valence-corrected chi connectivity index (χ3v) is 3.59. The quantitative estimate of drug-likeness (QED) is 0.896. The predicted octanol–water partition coefficient (Wildman–Crippen LogP) is 3.40. The molecule has 1 aromatic heterocycles. The zero-order chi connectivity index (χ0) is 12.3. The summed E-state index contributed by atoms with van der Waals surface area (Å²) in [6.45, 7) is 2.95. The van der Waals surface area contributed by atoms with E-state index in [1.807, 2.05) is 6.92 Å². The van der Waals surface area contributed by atoms with Gasteiger partial charge in [-0.25, -0.2) is 0 Å². The average Bonchev–Trinajstić information content (AvgIpc) is 2.82. The summed E-state index contributed by atoms with van der Waals surface area (Å²) < 4.78 is 0. The van der Waals surface area contributed by atoms with Gasteiger partial charge in [0.1, 0.15) is 0 Å². The van der Waals surface area contributed by atoms with Crippen LogP contribution in [0.25, 0.3) is 0 Å². The van der Waals surface area contributed by atoms with E-state index in [-0.39, 0.29) is 6.04 Å². The molecule has 0 fully saturated rings. The average molecular weight is 246 g/mol. The fourth-order valence-electron chi connectivity index (χ4n) is 1.78.